The standard InChI is InChI=1S/C14H15Br/c1-3-10(2)11-7-8-13-12(9-11)5-4-6-14(13)15/h4-10H,3H2,1-2H3. The van der Waals surface area contributed by atoms with Crippen LogP contribution in [0.2, 0.25) is 0 Å². The quantitative estimate of drug-likeness (QED) is 0.705. The summed E-state index contributed by atoms with van der Waals surface area (Å²) < 4.78 is 1.18. The van der Waals surface area contributed by atoms with Crippen molar-refractivity contribution in [3.63, 3.8) is 0 Å². The molecule has 1 unspecified atom stereocenters. The summed E-state index contributed by atoms with van der Waals surface area (Å²) >= 11 is 3.58. The van der Waals surface area contributed by atoms with E-state index in [0.717, 1.165) is 0 Å². The van der Waals surface area contributed by atoms with Gasteiger partial charge in [0.15, 0.2) is 0 Å². The summed E-state index contributed by atoms with van der Waals surface area (Å²) in [6.07, 6.45) is 1.19. The molecule has 0 amide bonds. The van der Waals surface area contributed by atoms with Crippen LogP contribution >= 0.6 is 15.9 Å². The predicted molar refractivity (Wildman–Crippen MR) is 70.4 cm³/mol. The molecule has 1 atom stereocenters. The molecular weight excluding hydrogens is 248 g/mol. The van der Waals surface area contributed by atoms with Gasteiger partial charge in [-0.2, -0.15) is 0 Å². The van der Waals surface area contributed by atoms with E-state index in [0.29, 0.717) is 5.92 Å². The summed E-state index contributed by atoms with van der Waals surface area (Å²) in [5, 5.41) is 2.62. The van der Waals surface area contributed by atoms with E-state index in [4.69, 9.17) is 0 Å². The largest absolute Gasteiger partial charge is 0.0648 e. The van der Waals surface area contributed by atoms with Crippen molar-refractivity contribution >= 4 is 26.7 Å². The van der Waals surface area contributed by atoms with Crippen LogP contribution in [0.15, 0.2) is 40.9 Å². The number of hydrogen-bond donors (Lipinski definition) is 0. The lowest BCUT2D eigenvalue weighted by Gasteiger charge is -2.10. The molecule has 0 aliphatic rings. The fraction of sp³-hybridized carbons (Fsp3) is 0.286. The smallest absolute Gasteiger partial charge is 0.0253 e. The first kappa shape index (κ1) is 10.7. The van der Waals surface area contributed by atoms with Crippen LogP contribution in [0.5, 0.6) is 0 Å². The molecule has 2 rings (SSSR count). The van der Waals surface area contributed by atoms with Gasteiger partial charge in [-0.15, -0.1) is 0 Å². The van der Waals surface area contributed by atoms with E-state index < -0.39 is 0 Å². The van der Waals surface area contributed by atoms with Crippen molar-refractivity contribution in [2.24, 2.45) is 0 Å². The average Bonchev–Trinajstić information content (AvgIpc) is 2.28. The Morgan fingerprint density at radius 3 is 2.73 bits per heavy atom. The van der Waals surface area contributed by atoms with E-state index in [1.165, 1.54) is 27.2 Å². The van der Waals surface area contributed by atoms with Gasteiger partial charge in [-0.1, -0.05) is 60.1 Å². The first-order valence-electron chi connectivity index (χ1n) is 5.40. The molecule has 0 aliphatic heterocycles. The molecule has 0 saturated heterocycles. The molecule has 0 saturated carbocycles. The highest BCUT2D eigenvalue weighted by Crippen LogP contribution is 2.27. The molecule has 15 heavy (non-hydrogen) atoms. The Kier molecular flexibility index (Phi) is 3.11. The Morgan fingerprint density at radius 2 is 2.00 bits per heavy atom. The van der Waals surface area contributed by atoms with Gasteiger partial charge >= 0.3 is 0 Å². The molecule has 0 heterocycles. The summed E-state index contributed by atoms with van der Waals surface area (Å²) in [4.78, 5) is 0. The maximum atomic E-state index is 3.58. The van der Waals surface area contributed by atoms with Gasteiger partial charge in [-0.05, 0) is 34.7 Å². The Bertz CT molecular complexity index is 474. The third-order valence-electron chi connectivity index (χ3n) is 3.03. The van der Waals surface area contributed by atoms with Crippen LogP contribution in [0.25, 0.3) is 10.8 Å². The van der Waals surface area contributed by atoms with Gasteiger partial charge in [0.05, 0.1) is 0 Å². The Labute approximate surface area is 99.4 Å². The highest BCUT2D eigenvalue weighted by molar-refractivity contribution is 9.10. The van der Waals surface area contributed by atoms with E-state index in [1.54, 1.807) is 0 Å². The molecule has 0 radical (unpaired) electrons. The molecule has 0 nitrogen and oxygen atoms in total. The lowest BCUT2D eigenvalue weighted by atomic mass is 9.96. The molecular formula is C14H15Br. The second-order valence-electron chi connectivity index (χ2n) is 4.03. The van der Waals surface area contributed by atoms with Gasteiger partial charge < -0.3 is 0 Å². The van der Waals surface area contributed by atoms with Crippen LogP contribution < -0.4 is 0 Å². The first-order chi connectivity index (χ1) is 7.22. The normalized spacial score (nSPS) is 13.0. The second-order valence-corrected chi connectivity index (χ2v) is 4.88. The third-order valence-corrected chi connectivity index (χ3v) is 3.72. The predicted octanol–water partition coefficient (Wildman–Crippen LogP) is 5.12. The molecule has 2 aromatic carbocycles. The maximum Gasteiger partial charge on any atom is 0.0253 e. The number of fused-ring (bicyclic) bond motifs is 1. The Morgan fingerprint density at radius 1 is 1.20 bits per heavy atom. The molecule has 2 aromatic rings. The number of rotatable bonds is 2. The van der Waals surface area contributed by atoms with E-state index >= 15 is 0 Å². The molecule has 0 N–H and O–H groups in total. The van der Waals surface area contributed by atoms with E-state index in [9.17, 15) is 0 Å². The third kappa shape index (κ3) is 2.07. The highest BCUT2D eigenvalue weighted by atomic mass is 79.9. The van der Waals surface area contributed by atoms with Crippen LogP contribution in [0.3, 0.4) is 0 Å². The summed E-state index contributed by atoms with van der Waals surface area (Å²) in [5.74, 6) is 0.647. The Balaban J connectivity index is 2.57. The van der Waals surface area contributed by atoms with Crippen molar-refractivity contribution in [2.45, 2.75) is 26.2 Å². The summed E-state index contributed by atoms with van der Waals surface area (Å²) in [5.41, 5.74) is 1.43. The van der Waals surface area contributed by atoms with Crippen LogP contribution in [0.4, 0.5) is 0 Å². The van der Waals surface area contributed by atoms with Gasteiger partial charge in [0.2, 0.25) is 0 Å². The molecule has 0 fully saturated rings. The maximum absolute atomic E-state index is 3.58. The minimum absolute atomic E-state index is 0.647. The minimum Gasteiger partial charge on any atom is -0.0648 e. The zero-order valence-corrected chi connectivity index (χ0v) is 10.7. The van der Waals surface area contributed by atoms with Crippen molar-refractivity contribution in [2.75, 3.05) is 0 Å². The molecule has 0 bridgehead atoms. The SMILES string of the molecule is CCC(C)c1ccc2c(Br)cccc2c1. The number of hydrogen-bond acceptors (Lipinski definition) is 0. The lowest BCUT2D eigenvalue weighted by Crippen LogP contribution is -1.90. The van der Waals surface area contributed by atoms with Crippen LogP contribution in [-0.2, 0) is 0 Å². The van der Waals surface area contributed by atoms with Gasteiger partial charge in [-0.3, -0.25) is 0 Å². The summed E-state index contributed by atoms with van der Waals surface area (Å²) in [7, 11) is 0. The second kappa shape index (κ2) is 4.36. The fourth-order valence-corrected chi connectivity index (χ4v) is 2.32. The fourth-order valence-electron chi connectivity index (χ4n) is 1.80. The lowest BCUT2D eigenvalue weighted by molar-refractivity contribution is 0.735. The summed E-state index contributed by atoms with van der Waals surface area (Å²) in [6, 6.07) is 13.1. The zero-order valence-electron chi connectivity index (χ0n) is 9.13. The first-order valence-corrected chi connectivity index (χ1v) is 6.20. The van der Waals surface area contributed by atoms with Crippen LogP contribution in [-0.4, -0.2) is 0 Å². The van der Waals surface area contributed by atoms with Crippen molar-refractivity contribution in [1.82, 2.24) is 0 Å². The van der Waals surface area contributed by atoms with E-state index in [2.05, 4.69) is 66.2 Å². The van der Waals surface area contributed by atoms with Gasteiger partial charge in [0, 0.05) is 4.47 Å². The van der Waals surface area contributed by atoms with Crippen LogP contribution in [0.1, 0.15) is 31.7 Å². The molecule has 0 spiro atoms. The van der Waals surface area contributed by atoms with Gasteiger partial charge in [-0.25, -0.2) is 0 Å². The minimum atomic E-state index is 0.647. The van der Waals surface area contributed by atoms with Crippen molar-refractivity contribution in [3.8, 4) is 0 Å². The zero-order chi connectivity index (χ0) is 10.8. The van der Waals surface area contributed by atoms with Crippen molar-refractivity contribution in [3.05, 3.63) is 46.4 Å². The number of benzene rings is 2. The van der Waals surface area contributed by atoms with Gasteiger partial charge in [0.25, 0.3) is 0 Å². The Hall–Kier alpha value is -0.820. The molecule has 0 aromatic heterocycles. The average molecular weight is 263 g/mol. The topological polar surface area (TPSA) is 0 Å². The molecule has 78 valence electrons. The van der Waals surface area contributed by atoms with Crippen molar-refractivity contribution in [1.29, 1.82) is 0 Å². The van der Waals surface area contributed by atoms with Crippen LogP contribution in [0, 0.1) is 0 Å². The van der Waals surface area contributed by atoms with E-state index in [1.807, 2.05) is 0 Å². The monoisotopic (exact) mass is 262 g/mol. The molecule has 1 heteroatoms. The van der Waals surface area contributed by atoms with Crippen molar-refractivity contribution < 1.29 is 0 Å². The summed E-state index contributed by atoms with van der Waals surface area (Å²) in [6.45, 7) is 4.51. The number of halogens is 1. The highest BCUT2D eigenvalue weighted by Gasteiger charge is 2.04. The van der Waals surface area contributed by atoms with Gasteiger partial charge in [0.1, 0.15) is 0 Å². The molecule has 0 aliphatic carbocycles. The van der Waals surface area contributed by atoms with E-state index in [-0.39, 0.29) is 0 Å².